The summed E-state index contributed by atoms with van der Waals surface area (Å²) in [6, 6.07) is 12.7. The first-order chi connectivity index (χ1) is 16.7. The molecule has 0 aliphatic carbocycles. The Labute approximate surface area is 223 Å². The van der Waals surface area contributed by atoms with E-state index < -0.39 is 44.8 Å². The first-order valence-corrected chi connectivity index (χ1v) is 14.1. The van der Waals surface area contributed by atoms with Crippen LogP contribution in [0.15, 0.2) is 48.5 Å². The standard InChI is InChI=1S/C26H32Cl2N2O5S/c1-16(15-36(33,34)26(2,3)4)30-23(17-9-11-19(27)12-10-17)24(18-7-6-8-20(28)13-18)35-21(25(30)32)14-22(31)29-5/h6-13,16,21,23-24H,14-15H2,1-5H3,(H,29,31)/t16-,21+,23+,24+/m0/s1. The van der Waals surface area contributed by atoms with Crippen molar-refractivity contribution in [1.29, 1.82) is 0 Å². The van der Waals surface area contributed by atoms with Gasteiger partial charge in [0.1, 0.15) is 12.2 Å². The van der Waals surface area contributed by atoms with Crippen molar-refractivity contribution in [3.8, 4) is 0 Å². The van der Waals surface area contributed by atoms with E-state index in [1.54, 1.807) is 75.1 Å². The van der Waals surface area contributed by atoms with Gasteiger partial charge in [0.15, 0.2) is 9.84 Å². The van der Waals surface area contributed by atoms with Crippen LogP contribution in [0.1, 0.15) is 57.4 Å². The first-order valence-electron chi connectivity index (χ1n) is 11.7. The van der Waals surface area contributed by atoms with Crippen molar-refractivity contribution in [2.45, 2.75) is 63.2 Å². The lowest BCUT2D eigenvalue weighted by atomic mass is 9.90. The molecular weight excluding hydrogens is 523 g/mol. The Morgan fingerprint density at radius 1 is 1.08 bits per heavy atom. The van der Waals surface area contributed by atoms with Gasteiger partial charge < -0.3 is 15.0 Å². The molecule has 1 aliphatic heterocycles. The molecule has 0 spiro atoms. The maximum absolute atomic E-state index is 13.8. The van der Waals surface area contributed by atoms with Crippen LogP contribution in [0.3, 0.4) is 0 Å². The lowest BCUT2D eigenvalue weighted by molar-refractivity contribution is -0.179. The van der Waals surface area contributed by atoms with Crippen molar-refractivity contribution in [3.63, 3.8) is 0 Å². The Bertz CT molecular complexity index is 1210. The minimum Gasteiger partial charge on any atom is -0.359 e. The smallest absolute Gasteiger partial charge is 0.253 e. The number of amides is 2. The van der Waals surface area contributed by atoms with E-state index in [-0.39, 0.29) is 18.1 Å². The number of carbonyl (C=O) groups is 2. The highest BCUT2D eigenvalue weighted by atomic mass is 35.5. The summed E-state index contributed by atoms with van der Waals surface area (Å²) >= 11 is 12.4. The number of carbonyl (C=O) groups excluding carboxylic acids is 2. The summed E-state index contributed by atoms with van der Waals surface area (Å²) in [6.07, 6.45) is -2.01. The quantitative estimate of drug-likeness (QED) is 0.533. The van der Waals surface area contributed by atoms with Crippen LogP contribution in [-0.4, -0.2) is 54.8 Å². The fourth-order valence-corrected chi connectivity index (χ4v) is 5.86. The molecule has 36 heavy (non-hydrogen) atoms. The van der Waals surface area contributed by atoms with Gasteiger partial charge in [-0.25, -0.2) is 8.42 Å². The van der Waals surface area contributed by atoms with Crippen molar-refractivity contribution < 1.29 is 22.7 Å². The van der Waals surface area contributed by atoms with Gasteiger partial charge in [0.2, 0.25) is 5.91 Å². The largest absolute Gasteiger partial charge is 0.359 e. The fraction of sp³-hybridized carbons (Fsp3) is 0.462. The molecule has 0 radical (unpaired) electrons. The summed E-state index contributed by atoms with van der Waals surface area (Å²) in [4.78, 5) is 27.6. The van der Waals surface area contributed by atoms with Gasteiger partial charge in [-0.05, 0) is 63.1 Å². The lowest BCUT2D eigenvalue weighted by Crippen LogP contribution is -2.56. The molecule has 0 unspecified atom stereocenters. The molecule has 196 valence electrons. The molecule has 2 aromatic rings. The summed E-state index contributed by atoms with van der Waals surface area (Å²) in [5.41, 5.74) is 1.42. The highest BCUT2D eigenvalue weighted by molar-refractivity contribution is 7.92. The number of morpholine rings is 1. The zero-order chi connectivity index (χ0) is 26.8. The van der Waals surface area contributed by atoms with E-state index in [1.807, 2.05) is 6.07 Å². The number of benzene rings is 2. The molecule has 4 atom stereocenters. The molecule has 1 saturated heterocycles. The normalized spacial score (nSPS) is 21.8. The minimum absolute atomic E-state index is 0.199. The molecule has 3 rings (SSSR count). The molecule has 1 heterocycles. The molecule has 1 N–H and O–H groups in total. The first kappa shape index (κ1) is 28.4. The Hall–Kier alpha value is -2.13. The number of hydrogen-bond donors (Lipinski definition) is 1. The highest BCUT2D eigenvalue weighted by Gasteiger charge is 2.47. The van der Waals surface area contributed by atoms with Crippen LogP contribution in [0.5, 0.6) is 0 Å². The number of nitrogens with zero attached hydrogens (tertiary/aromatic N) is 1. The van der Waals surface area contributed by atoms with E-state index in [9.17, 15) is 18.0 Å². The second-order valence-corrected chi connectivity index (χ2v) is 13.6. The molecular formula is C26H32Cl2N2O5S. The van der Waals surface area contributed by atoms with Gasteiger partial charge in [-0.15, -0.1) is 0 Å². The minimum atomic E-state index is -3.57. The number of hydrogen-bond acceptors (Lipinski definition) is 5. The number of ether oxygens (including phenoxy) is 1. The van der Waals surface area contributed by atoms with Crippen LogP contribution < -0.4 is 5.32 Å². The average Bonchev–Trinajstić information content (AvgIpc) is 2.79. The number of sulfone groups is 1. The van der Waals surface area contributed by atoms with Gasteiger partial charge in [0.05, 0.1) is 23.0 Å². The second-order valence-electron chi connectivity index (χ2n) is 9.96. The second kappa shape index (κ2) is 11.1. The lowest BCUT2D eigenvalue weighted by Gasteiger charge is -2.47. The monoisotopic (exact) mass is 554 g/mol. The predicted octanol–water partition coefficient (Wildman–Crippen LogP) is 4.74. The van der Waals surface area contributed by atoms with E-state index >= 15 is 0 Å². The van der Waals surface area contributed by atoms with Crippen molar-refractivity contribution in [3.05, 3.63) is 69.7 Å². The van der Waals surface area contributed by atoms with Crippen molar-refractivity contribution in [2.24, 2.45) is 0 Å². The third-order valence-corrected chi connectivity index (χ3v) is 9.61. The number of rotatable bonds is 7. The predicted molar refractivity (Wildman–Crippen MR) is 142 cm³/mol. The van der Waals surface area contributed by atoms with Crippen LogP contribution >= 0.6 is 23.2 Å². The maximum atomic E-state index is 13.8. The summed E-state index contributed by atoms with van der Waals surface area (Å²) in [5, 5.41) is 3.53. The summed E-state index contributed by atoms with van der Waals surface area (Å²) in [6.45, 7) is 6.61. The Morgan fingerprint density at radius 3 is 2.28 bits per heavy atom. The van der Waals surface area contributed by atoms with E-state index in [0.717, 1.165) is 5.56 Å². The van der Waals surface area contributed by atoms with Crippen molar-refractivity contribution in [1.82, 2.24) is 10.2 Å². The molecule has 0 saturated carbocycles. The summed E-state index contributed by atoms with van der Waals surface area (Å²) < 4.78 is 31.6. The van der Waals surface area contributed by atoms with Gasteiger partial charge in [-0.2, -0.15) is 0 Å². The summed E-state index contributed by atoms with van der Waals surface area (Å²) in [5.74, 6) is -1.06. The van der Waals surface area contributed by atoms with E-state index in [0.29, 0.717) is 15.6 Å². The molecule has 2 amide bonds. The van der Waals surface area contributed by atoms with Gasteiger partial charge in [0.25, 0.3) is 5.91 Å². The topological polar surface area (TPSA) is 92.8 Å². The van der Waals surface area contributed by atoms with Gasteiger partial charge >= 0.3 is 0 Å². The van der Waals surface area contributed by atoms with Crippen molar-refractivity contribution >= 4 is 44.9 Å². The Balaban J connectivity index is 2.17. The zero-order valence-corrected chi connectivity index (χ0v) is 23.3. The molecule has 0 aromatic heterocycles. The maximum Gasteiger partial charge on any atom is 0.253 e. The number of halogens is 2. The SMILES string of the molecule is CNC(=O)C[C@H]1O[C@H](c2cccc(Cl)c2)[C@@H](c2ccc(Cl)cc2)N([C@@H](C)CS(=O)(=O)C(C)(C)C)C1=O. The van der Waals surface area contributed by atoms with Gasteiger partial charge in [-0.3, -0.25) is 9.59 Å². The molecule has 1 aliphatic rings. The summed E-state index contributed by atoms with van der Waals surface area (Å²) in [7, 11) is -2.09. The zero-order valence-electron chi connectivity index (χ0n) is 21.0. The van der Waals surface area contributed by atoms with Crippen LogP contribution in [0.2, 0.25) is 10.0 Å². The highest BCUT2D eigenvalue weighted by Crippen LogP contribution is 2.44. The van der Waals surface area contributed by atoms with Gasteiger partial charge in [0, 0.05) is 23.1 Å². The average molecular weight is 556 g/mol. The van der Waals surface area contributed by atoms with E-state index in [1.165, 1.54) is 7.05 Å². The number of nitrogens with one attached hydrogen (secondary N) is 1. The van der Waals surface area contributed by atoms with Crippen LogP contribution in [0.25, 0.3) is 0 Å². The third kappa shape index (κ3) is 6.22. The molecule has 10 heteroatoms. The Morgan fingerprint density at radius 2 is 1.72 bits per heavy atom. The van der Waals surface area contributed by atoms with Crippen LogP contribution in [0, 0.1) is 0 Å². The van der Waals surface area contributed by atoms with E-state index in [4.69, 9.17) is 27.9 Å². The van der Waals surface area contributed by atoms with Crippen LogP contribution in [-0.2, 0) is 24.2 Å². The molecule has 7 nitrogen and oxygen atoms in total. The third-order valence-electron chi connectivity index (χ3n) is 6.33. The molecule has 1 fully saturated rings. The fourth-order valence-electron chi connectivity index (χ4n) is 4.24. The van der Waals surface area contributed by atoms with Crippen LogP contribution in [0.4, 0.5) is 0 Å². The van der Waals surface area contributed by atoms with E-state index in [2.05, 4.69) is 5.32 Å². The van der Waals surface area contributed by atoms with Crippen molar-refractivity contribution in [2.75, 3.05) is 12.8 Å². The Kier molecular flexibility index (Phi) is 8.76. The molecule has 0 bridgehead atoms. The van der Waals surface area contributed by atoms with Gasteiger partial charge in [-0.1, -0.05) is 47.5 Å². The molecule has 2 aromatic carbocycles.